The molecule has 0 aliphatic carbocycles. The van der Waals surface area contributed by atoms with Crippen LogP contribution in [0.5, 0.6) is 0 Å². The molecular weight excluding hydrogens is 324 g/mol. The SMILES string of the molecule is COC(=O)c1ccc(/C=N/N(Cc2ccccc2)c2ccccc2)cc1. The standard InChI is InChI=1S/C22H20N2O2/c1-26-22(25)20-14-12-18(13-15-20)16-23-24(21-10-6-3-7-11-21)17-19-8-4-2-5-9-19/h2-16H,17H2,1H3/b23-16+. The van der Waals surface area contributed by atoms with Gasteiger partial charge in [0.25, 0.3) is 0 Å². The Bertz CT molecular complexity index is 860. The van der Waals surface area contributed by atoms with Crippen molar-refractivity contribution in [3.8, 4) is 0 Å². The fraction of sp³-hybridized carbons (Fsp3) is 0.0909. The van der Waals surface area contributed by atoms with Gasteiger partial charge in [-0.2, -0.15) is 5.10 Å². The van der Waals surface area contributed by atoms with Crippen molar-refractivity contribution in [3.05, 3.63) is 102 Å². The summed E-state index contributed by atoms with van der Waals surface area (Å²) in [5, 5.41) is 6.59. The summed E-state index contributed by atoms with van der Waals surface area (Å²) in [5.41, 5.74) is 3.62. The molecule has 0 amide bonds. The lowest BCUT2D eigenvalue weighted by molar-refractivity contribution is 0.0600. The van der Waals surface area contributed by atoms with Crippen molar-refractivity contribution in [2.24, 2.45) is 5.10 Å². The van der Waals surface area contributed by atoms with Crippen LogP contribution >= 0.6 is 0 Å². The first kappa shape index (κ1) is 17.4. The molecule has 4 heteroatoms. The van der Waals surface area contributed by atoms with Crippen LogP contribution in [0.4, 0.5) is 5.69 Å². The highest BCUT2D eigenvalue weighted by molar-refractivity contribution is 5.90. The molecule has 0 unspecified atom stereocenters. The summed E-state index contributed by atoms with van der Waals surface area (Å²) in [6.07, 6.45) is 1.79. The Kier molecular flexibility index (Phi) is 5.78. The number of methoxy groups -OCH3 is 1. The molecule has 0 radical (unpaired) electrons. The van der Waals surface area contributed by atoms with Crippen LogP contribution in [0.15, 0.2) is 90.0 Å². The molecule has 4 nitrogen and oxygen atoms in total. The topological polar surface area (TPSA) is 41.9 Å². The van der Waals surface area contributed by atoms with E-state index < -0.39 is 0 Å². The Labute approximate surface area is 153 Å². The van der Waals surface area contributed by atoms with E-state index in [0.29, 0.717) is 12.1 Å². The second-order valence-corrected chi connectivity index (χ2v) is 5.74. The van der Waals surface area contributed by atoms with Gasteiger partial charge in [0.2, 0.25) is 0 Å². The fourth-order valence-electron chi connectivity index (χ4n) is 2.51. The minimum absolute atomic E-state index is 0.344. The third-order valence-electron chi connectivity index (χ3n) is 3.91. The van der Waals surface area contributed by atoms with Crippen molar-refractivity contribution in [2.75, 3.05) is 12.1 Å². The number of para-hydroxylation sites is 1. The predicted octanol–water partition coefficient (Wildman–Crippen LogP) is 4.51. The number of anilines is 1. The van der Waals surface area contributed by atoms with Gasteiger partial charge in [0.1, 0.15) is 0 Å². The molecule has 3 rings (SSSR count). The Hall–Kier alpha value is -3.40. The first-order valence-electron chi connectivity index (χ1n) is 8.35. The number of benzene rings is 3. The molecule has 3 aromatic carbocycles. The zero-order chi connectivity index (χ0) is 18.2. The molecule has 3 aromatic rings. The van der Waals surface area contributed by atoms with Crippen LogP contribution in [0.2, 0.25) is 0 Å². The maximum absolute atomic E-state index is 11.5. The van der Waals surface area contributed by atoms with E-state index in [2.05, 4.69) is 17.2 Å². The summed E-state index contributed by atoms with van der Waals surface area (Å²) >= 11 is 0. The predicted molar refractivity (Wildman–Crippen MR) is 104 cm³/mol. The van der Waals surface area contributed by atoms with Crippen LogP contribution in [0.1, 0.15) is 21.5 Å². The highest BCUT2D eigenvalue weighted by Gasteiger charge is 2.06. The van der Waals surface area contributed by atoms with E-state index >= 15 is 0 Å². The smallest absolute Gasteiger partial charge is 0.337 e. The molecule has 0 bridgehead atoms. The van der Waals surface area contributed by atoms with Crippen LogP contribution in [0.25, 0.3) is 0 Å². The fourth-order valence-corrected chi connectivity index (χ4v) is 2.51. The lowest BCUT2D eigenvalue weighted by Crippen LogP contribution is -2.16. The average molecular weight is 344 g/mol. The number of esters is 1. The average Bonchev–Trinajstić information content (AvgIpc) is 2.72. The van der Waals surface area contributed by atoms with Gasteiger partial charge in [-0.15, -0.1) is 0 Å². The third kappa shape index (κ3) is 4.57. The second-order valence-electron chi connectivity index (χ2n) is 5.74. The van der Waals surface area contributed by atoms with Crippen molar-refractivity contribution >= 4 is 17.9 Å². The molecule has 0 heterocycles. The number of ether oxygens (including phenoxy) is 1. The molecule has 0 saturated heterocycles. The Morgan fingerprint density at radius 2 is 1.54 bits per heavy atom. The molecule has 0 N–H and O–H groups in total. The van der Waals surface area contributed by atoms with Crippen molar-refractivity contribution in [3.63, 3.8) is 0 Å². The third-order valence-corrected chi connectivity index (χ3v) is 3.91. The summed E-state index contributed by atoms with van der Waals surface area (Å²) in [5.74, 6) is -0.344. The number of hydrogen-bond acceptors (Lipinski definition) is 4. The van der Waals surface area contributed by atoms with Gasteiger partial charge in [-0.25, -0.2) is 4.79 Å². The van der Waals surface area contributed by atoms with Gasteiger partial charge in [0, 0.05) is 0 Å². The number of carbonyl (C=O) groups excluding carboxylic acids is 1. The molecule has 0 aliphatic rings. The van der Waals surface area contributed by atoms with Crippen molar-refractivity contribution < 1.29 is 9.53 Å². The summed E-state index contributed by atoms with van der Waals surface area (Å²) in [7, 11) is 1.37. The molecule has 0 aromatic heterocycles. The summed E-state index contributed by atoms with van der Waals surface area (Å²) in [4.78, 5) is 11.5. The van der Waals surface area contributed by atoms with Crippen LogP contribution < -0.4 is 5.01 Å². The molecule has 0 saturated carbocycles. The van der Waals surface area contributed by atoms with E-state index in [4.69, 9.17) is 4.74 Å². The van der Waals surface area contributed by atoms with Gasteiger partial charge in [-0.1, -0.05) is 60.7 Å². The van der Waals surface area contributed by atoms with E-state index in [1.165, 1.54) is 12.7 Å². The van der Waals surface area contributed by atoms with E-state index in [1.54, 1.807) is 18.3 Å². The molecule has 130 valence electrons. The first-order valence-corrected chi connectivity index (χ1v) is 8.35. The molecule has 0 atom stereocenters. The highest BCUT2D eigenvalue weighted by Crippen LogP contribution is 2.17. The summed E-state index contributed by atoms with van der Waals surface area (Å²) in [6.45, 7) is 0.668. The number of carbonyl (C=O) groups is 1. The second kappa shape index (κ2) is 8.62. The molecule has 0 spiro atoms. The normalized spacial score (nSPS) is 10.7. The maximum Gasteiger partial charge on any atom is 0.337 e. The zero-order valence-electron chi connectivity index (χ0n) is 14.6. The van der Waals surface area contributed by atoms with Crippen LogP contribution in [-0.4, -0.2) is 19.3 Å². The summed E-state index contributed by atoms with van der Waals surface area (Å²) in [6, 6.07) is 27.4. The van der Waals surface area contributed by atoms with E-state index in [-0.39, 0.29) is 5.97 Å². The monoisotopic (exact) mass is 344 g/mol. The largest absolute Gasteiger partial charge is 0.465 e. The minimum Gasteiger partial charge on any atom is -0.465 e. The Morgan fingerprint density at radius 1 is 0.923 bits per heavy atom. The number of hydrazone groups is 1. The van der Waals surface area contributed by atoms with Crippen molar-refractivity contribution in [2.45, 2.75) is 6.54 Å². The summed E-state index contributed by atoms with van der Waals surface area (Å²) < 4.78 is 4.72. The maximum atomic E-state index is 11.5. The lowest BCUT2D eigenvalue weighted by Gasteiger charge is -2.19. The first-order chi connectivity index (χ1) is 12.8. The lowest BCUT2D eigenvalue weighted by atomic mass is 10.1. The number of rotatable bonds is 6. The Balaban J connectivity index is 1.81. The molecule has 26 heavy (non-hydrogen) atoms. The van der Waals surface area contributed by atoms with Crippen LogP contribution in [0, 0.1) is 0 Å². The molecule has 0 aliphatic heterocycles. The minimum atomic E-state index is -0.344. The van der Waals surface area contributed by atoms with Crippen LogP contribution in [0.3, 0.4) is 0 Å². The van der Waals surface area contributed by atoms with Crippen molar-refractivity contribution in [1.82, 2.24) is 0 Å². The number of hydrogen-bond donors (Lipinski definition) is 0. The van der Waals surface area contributed by atoms with Gasteiger partial charge >= 0.3 is 5.97 Å². The molecule has 0 fully saturated rings. The van der Waals surface area contributed by atoms with Gasteiger partial charge in [0.15, 0.2) is 0 Å². The zero-order valence-corrected chi connectivity index (χ0v) is 14.6. The van der Waals surface area contributed by atoms with Gasteiger partial charge in [0.05, 0.1) is 31.1 Å². The van der Waals surface area contributed by atoms with E-state index in [1.807, 2.05) is 65.7 Å². The highest BCUT2D eigenvalue weighted by atomic mass is 16.5. The van der Waals surface area contributed by atoms with Gasteiger partial charge in [-0.3, -0.25) is 5.01 Å². The van der Waals surface area contributed by atoms with Gasteiger partial charge in [-0.05, 0) is 35.4 Å². The van der Waals surface area contributed by atoms with E-state index in [0.717, 1.165) is 11.3 Å². The number of nitrogens with zero attached hydrogens (tertiary/aromatic N) is 2. The quantitative estimate of drug-likeness (QED) is 0.375. The molecular formula is C22H20N2O2. The van der Waals surface area contributed by atoms with Gasteiger partial charge < -0.3 is 4.74 Å². The van der Waals surface area contributed by atoms with E-state index in [9.17, 15) is 4.79 Å². The Morgan fingerprint density at radius 3 is 2.15 bits per heavy atom. The van der Waals surface area contributed by atoms with Crippen molar-refractivity contribution in [1.29, 1.82) is 0 Å². The van der Waals surface area contributed by atoms with Crippen LogP contribution in [-0.2, 0) is 11.3 Å².